The van der Waals surface area contributed by atoms with Gasteiger partial charge in [-0.3, -0.25) is 4.79 Å². The van der Waals surface area contributed by atoms with Crippen molar-refractivity contribution in [3.05, 3.63) is 101 Å². The normalized spacial score (nSPS) is 15.7. The molecule has 4 unspecified atom stereocenters. The standard InChI is InChI=1S/C38H34O16/c1-50-27-14-19(4-9-23(27)40)16-30(37(47)48)53-38(49)33-32-20(5-11-25(42)35(32)54-34(33)21-6-10-24(41)28(17-21)51-2)7-12-31(44)52-29(36(45)46)15-18-3-8-22(39)26(43)13-18/h3-14,17,29-30,33-34,39-43H,15-16H2,1-2H3,(H,45,46)(H,47,48). The first-order valence-electron chi connectivity index (χ1n) is 16.0. The zero-order chi connectivity index (χ0) is 39.3. The second-order valence-electron chi connectivity index (χ2n) is 12.0. The summed E-state index contributed by atoms with van der Waals surface area (Å²) >= 11 is 0. The van der Waals surface area contributed by atoms with Crippen LogP contribution in [0.25, 0.3) is 6.08 Å². The number of phenols is 5. The van der Waals surface area contributed by atoms with Crippen LogP contribution in [0.2, 0.25) is 0 Å². The third-order valence-corrected chi connectivity index (χ3v) is 8.45. The topological polar surface area (TPSA) is 256 Å². The number of methoxy groups -OCH3 is 2. The van der Waals surface area contributed by atoms with E-state index in [1.54, 1.807) is 0 Å². The molecule has 16 heteroatoms. The van der Waals surface area contributed by atoms with Gasteiger partial charge in [-0.15, -0.1) is 0 Å². The molecule has 0 amide bonds. The number of carboxylic acid groups (broad SMARTS) is 2. The number of carbonyl (C=O) groups excluding carboxylic acids is 2. The highest BCUT2D eigenvalue weighted by atomic mass is 16.6. The molecule has 1 aliphatic heterocycles. The van der Waals surface area contributed by atoms with Gasteiger partial charge in [-0.25, -0.2) is 14.4 Å². The van der Waals surface area contributed by atoms with Gasteiger partial charge in [0.1, 0.15) is 12.0 Å². The van der Waals surface area contributed by atoms with Crippen LogP contribution in [0.5, 0.6) is 46.0 Å². The van der Waals surface area contributed by atoms with Gasteiger partial charge < -0.3 is 59.4 Å². The van der Waals surface area contributed by atoms with Gasteiger partial charge in [-0.2, -0.15) is 0 Å². The van der Waals surface area contributed by atoms with Crippen molar-refractivity contribution in [3.63, 3.8) is 0 Å². The van der Waals surface area contributed by atoms with E-state index in [0.29, 0.717) is 5.56 Å². The fraction of sp³-hybridized carbons (Fsp3) is 0.211. The summed E-state index contributed by atoms with van der Waals surface area (Å²) < 4.78 is 27.1. The summed E-state index contributed by atoms with van der Waals surface area (Å²) in [5.41, 5.74) is 0.905. The predicted octanol–water partition coefficient (Wildman–Crippen LogP) is 3.94. The Morgan fingerprint density at radius 1 is 0.685 bits per heavy atom. The summed E-state index contributed by atoms with van der Waals surface area (Å²) in [5, 5.41) is 70.1. The van der Waals surface area contributed by atoms with Crippen molar-refractivity contribution >= 4 is 30.0 Å². The van der Waals surface area contributed by atoms with Crippen LogP contribution in [0.1, 0.15) is 39.8 Å². The summed E-state index contributed by atoms with van der Waals surface area (Å²) in [4.78, 5) is 51.3. The minimum atomic E-state index is -1.76. The predicted molar refractivity (Wildman–Crippen MR) is 185 cm³/mol. The maximum atomic E-state index is 14.1. The van der Waals surface area contributed by atoms with E-state index in [1.807, 2.05) is 0 Å². The van der Waals surface area contributed by atoms with Gasteiger partial charge in [0.15, 0.2) is 46.0 Å². The number of phenolic OH excluding ortho intramolecular Hbond substituents is 5. The van der Waals surface area contributed by atoms with E-state index in [2.05, 4.69) is 0 Å². The summed E-state index contributed by atoms with van der Waals surface area (Å²) in [6.07, 6.45) is -3.43. The molecule has 0 bridgehead atoms. The molecular formula is C38H34O16. The van der Waals surface area contributed by atoms with E-state index in [-0.39, 0.29) is 63.8 Å². The van der Waals surface area contributed by atoms with Crippen LogP contribution in [-0.4, -0.2) is 86.1 Å². The lowest BCUT2D eigenvalue weighted by Crippen LogP contribution is -2.33. The summed E-state index contributed by atoms with van der Waals surface area (Å²) in [6, 6.07) is 14.3. The number of benzene rings is 4. The SMILES string of the molecule is COc1cc(CC(OC(=O)C2c3c(C=CC(=O)OC(Cc4ccc(O)c(O)c4)C(=O)O)ccc(O)c3OC2c2ccc(O)c(OC)c2)C(=O)O)ccc1O. The fourth-order valence-corrected chi connectivity index (χ4v) is 5.80. The number of carbonyl (C=O) groups is 4. The lowest BCUT2D eigenvalue weighted by atomic mass is 9.87. The second-order valence-corrected chi connectivity index (χ2v) is 12.0. The molecule has 0 saturated carbocycles. The van der Waals surface area contributed by atoms with E-state index in [0.717, 1.165) is 18.2 Å². The van der Waals surface area contributed by atoms with Crippen molar-refractivity contribution in [2.45, 2.75) is 37.1 Å². The Hall–Kier alpha value is -7.10. The van der Waals surface area contributed by atoms with Gasteiger partial charge in [-0.1, -0.05) is 24.3 Å². The Kier molecular flexibility index (Phi) is 11.3. The molecule has 0 spiro atoms. The Balaban J connectivity index is 1.49. The van der Waals surface area contributed by atoms with E-state index in [4.69, 9.17) is 23.7 Å². The lowest BCUT2D eigenvalue weighted by molar-refractivity contribution is -0.166. The average Bonchev–Trinajstić information content (AvgIpc) is 3.55. The second kappa shape index (κ2) is 16.1. The number of aromatic hydroxyl groups is 5. The highest BCUT2D eigenvalue weighted by molar-refractivity contribution is 5.92. The average molecular weight is 747 g/mol. The van der Waals surface area contributed by atoms with Crippen LogP contribution in [-0.2, 0) is 41.5 Å². The van der Waals surface area contributed by atoms with Crippen molar-refractivity contribution in [2.24, 2.45) is 0 Å². The van der Waals surface area contributed by atoms with E-state index >= 15 is 0 Å². The quantitative estimate of drug-likeness (QED) is 0.0548. The van der Waals surface area contributed by atoms with Crippen LogP contribution in [0.3, 0.4) is 0 Å². The Morgan fingerprint density at radius 3 is 1.85 bits per heavy atom. The van der Waals surface area contributed by atoms with E-state index < -0.39 is 65.4 Å². The van der Waals surface area contributed by atoms with Crippen molar-refractivity contribution in [2.75, 3.05) is 14.2 Å². The number of esters is 2. The summed E-state index contributed by atoms with van der Waals surface area (Å²) in [5.74, 6) is -8.69. The fourth-order valence-electron chi connectivity index (χ4n) is 5.80. The number of hydrogen-bond donors (Lipinski definition) is 7. The summed E-state index contributed by atoms with van der Waals surface area (Å²) in [7, 11) is 2.60. The maximum absolute atomic E-state index is 14.1. The molecule has 0 aromatic heterocycles. The first-order chi connectivity index (χ1) is 25.7. The van der Waals surface area contributed by atoms with Crippen LogP contribution >= 0.6 is 0 Å². The molecule has 0 radical (unpaired) electrons. The summed E-state index contributed by atoms with van der Waals surface area (Å²) in [6.45, 7) is 0. The third-order valence-electron chi connectivity index (χ3n) is 8.45. The molecule has 4 aromatic rings. The molecule has 282 valence electrons. The van der Waals surface area contributed by atoms with Gasteiger partial charge in [0.2, 0.25) is 12.2 Å². The number of carboxylic acids is 2. The van der Waals surface area contributed by atoms with Gasteiger partial charge in [-0.05, 0) is 70.8 Å². The third kappa shape index (κ3) is 8.33. The number of ether oxygens (including phenoxy) is 5. The Morgan fingerprint density at radius 2 is 1.24 bits per heavy atom. The Bertz CT molecular complexity index is 2120. The van der Waals surface area contributed by atoms with E-state index in [1.165, 1.54) is 74.9 Å². The highest BCUT2D eigenvalue weighted by Gasteiger charge is 2.46. The molecule has 5 rings (SSSR count). The molecule has 7 N–H and O–H groups in total. The molecule has 1 aliphatic rings. The highest BCUT2D eigenvalue weighted by Crippen LogP contribution is 2.53. The lowest BCUT2D eigenvalue weighted by Gasteiger charge is -2.22. The van der Waals surface area contributed by atoms with Crippen molar-refractivity contribution in [1.29, 1.82) is 0 Å². The van der Waals surface area contributed by atoms with Crippen LogP contribution in [0.4, 0.5) is 0 Å². The molecule has 4 aromatic carbocycles. The first-order valence-corrected chi connectivity index (χ1v) is 16.0. The molecule has 0 saturated heterocycles. The smallest absolute Gasteiger partial charge is 0.345 e. The van der Waals surface area contributed by atoms with Crippen LogP contribution in [0, 0.1) is 0 Å². The molecule has 4 atom stereocenters. The Labute approximate surface area is 306 Å². The van der Waals surface area contributed by atoms with Gasteiger partial charge in [0, 0.05) is 24.5 Å². The largest absolute Gasteiger partial charge is 0.504 e. The van der Waals surface area contributed by atoms with Gasteiger partial charge >= 0.3 is 23.9 Å². The number of rotatable bonds is 14. The zero-order valence-electron chi connectivity index (χ0n) is 28.5. The molecule has 16 nitrogen and oxygen atoms in total. The molecular weight excluding hydrogens is 712 g/mol. The van der Waals surface area contributed by atoms with Crippen molar-refractivity contribution < 1.29 is 78.6 Å². The first kappa shape index (κ1) is 38.1. The molecule has 54 heavy (non-hydrogen) atoms. The van der Waals surface area contributed by atoms with Crippen LogP contribution in [0.15, 0.2) is 72.8 Å². The van der Waals surface area contributed by atoms with Gasteiger partial charge in [0.05, 0.1) is 14.2 Å². The molecule has 0 fully saturated rings. The van der Waals surface area contributed by atoms with Gasteiger partial charge in [0.25, 0.3) is 0 Å². The number of hydrogen-bond acceptors (Lipinski definition) is 14. The number of aliphatic carboxylic acids is 2. The minimum Gasteiger partial charge on any atom is -0.504 e. The van der Waals surface area contributed by atoms with Crippen LogP contribution < -0.4 is 14.2 Å². The van der Waals surface area contributed by atoms with Crippen molar-refractivity contribution in [1.82, 2.24) is 0 Å². The van der Waals surface area contributed by atoms with E-state index in [9.17, 15) is 54.9 Å². The molecule has 0 aliphatic carbocycles. The maximum Gasteiger partial charge on any atom is 0.345 e. The zero-order valence-corrected chi connectivity index (χ0v) is 28.5. The van der Waals surface area contributed by atoms with Crippen molar-refractivity contribution in [3.8, 4) is 46.0 Å². The number of fused-ring (bicyclic) bond motifs is 1. The monoisotopic (exact) mass is 746 g/mol. The minimum absolute atomic E-state index is 0.00597. The molecule has 1 heterocycles.